The van der Waals surface area contributed by atoms with Crippen molar-refractivity contribution in [3.63, 3.8) is 0 Å². The highest BCUT2D eigenvalue weighted by molar-refractivity contribution is 4.85. The highest BCUT2D eigenvalue weighted by Gasteiger charge is 2.10. The lowest BCUT2D eigenvalue weighted by Crippen LogP contribution is -2.07. The van der Waals surface area contributed by atoms with Crippen LogP contribution in [0, 0.1) is 17.8 Å². The average Bonchev–Trinajstić information content (AvgIpc) is 2.50. The molecule has 23 heavy (non-hydrogen) atoms. The van der Waals surface area contributed by atoms with Gasteiger partial charge in [0.1, 0.15) is 0 Å². The molecule has 0 aromatic rings. The predicted octanol–water partition coefficient (Wildman–Crippen LogP) is 8.56. The first kappa shape index (κ1) is 22.7. The quantitative estimate of drug-likeness (QED) is 0.197. The summed E-state index contributed by atoms with van der Waals surface area (Å²) < 4.78 is 0. The SMILES string of the molecule is CCCCCC[C@@H](C/C=C\CCCCCCCC(C)C)C(C)C. The molecular formula is C23H46. The Morgan fingerprint density at radius 2 is 1.26 bits per heavy atom. The maximum Gasteiger partial charge on any atom is -0.0320 e. The summed E-state index contributed by atoms with van der Waals surface area (Å²) >= 11 is 0. The van der Waals surface area contributed by atoms with Crippen LogP contribution in [0.1, 0.15) is 118 Å². The summed E-state index contributed by atoms with van der Waals surface area (Å²) in [5.41, 5.74) is 0. The van der Waals surface area contributed by atoms with Gasteiger partial charge in [0.05, 0.1) is 0 Å². The van der Waals surface area contributed by atoms with Crippen LogP contribution in [-0.2, 0) is 0 Å². The van der Waals surface area contributed by atoms with Gasteiger partial charge in [-0.1, -0.05) is 105 Å². The second-order valence-electron chi connectivity index (χ2n) is 8.30. The van der Waals surface area contributed by atoms with E-state index in [2.05, 4.69) is 46.8 Å². The largest absolute Gasteiger partial charge is 0.0885 e. The van der Waals surface area contributed by atoms with Crippen LogP contribution in [0.15, 0.2) is 12.2 Å². The van der Waals surface area contributed by atoms with Gasteiger partial charge in [-0.25, -0.2) is 0 Å². The van der Waals surface area contributed by atoms with Crippen molar-refractivity contribution in [2.75, 3.05) is 0 Å². The van der Waals surface area contributed by atoms with Gasteiger partial charge in [0, 0.05) is 0 Å². The molecule has 0 aromatic heterocycles. The molecule has 0 unspecified atom stereocenters. The zero-order valence-electron chi connectivity index (χ0n) is 17.1. The van der Waals surface area contributed by atoms with Crippen LogP contribution < -0.4 is 0 Å². The van der Waals surface area contributed by atoms with Crippen LogP contribution in [-0.4, -0.2) is 0 Å². The molecule has 138 valence electrons. The normalized spacial score (nSPS) is 13.5. The van der Waals surface area contributed by atoms with E-state index in [-0.39, 0.29) is 0 Å². The highest BCUT2D eigenvalue weighted by atomic mass is 14.2. The van der Waals surface area contributed by atoms with Gasteiger partial charge < -0.3 is 0 Å². The molecule has 0 rings (SSSR count). The number of unbranched alkanes of at least 4 members (excludes halogenated alkanes) is 8. The molecule has 0 spiro atoms. The molecule has 0 aliphatic carbocycles. The van der Waals surface area contributed by atoms with Crippen molar-refractivity contribution in [3.05, 3.63) is 12.2 Å². The Kier molecular flexibility index (Phi) is 16.4. The summed E-state index contributed by atoms with van der Waals surface area (Å²) in [5, 5.41) is 0. The fourth-order valence-electron chi connectivity index (χ4n) is 3.29. The van der Waals surface area contributed by atoms with E-state index in [1.165, 1.54) is 83.5 Å². The maximum atomic E-state index is 2.48. The Morgan fingerprint density at radius 1 is 0.652 bits per heavy atom. The lowest BCUT2D eigenvalue weighted by molar-refractivity contribution is 0.348. The molecule has 0 aromatic carbocycles. The number of allylic oxidation sites excluding steroid dienone is 2. The molecule has 0 nitrogen and oxygen atoms in total. The van der Waals surface area contributed by atoms with Gasteiger partial charge in [0.15, 0.2) is 0 Å². The van der Waals surface area contributed by atoms with E-state index in [0.29, 0.717) is 0 Å². The second kappa shape index (κ2) is 16.6. The molecule has 0 saturated carbocycles. The number of hydrogen-bond donors (Lipinski definition) is 0. The lowest BCUT2D eigenvalue weighted by atomic mass is 9.87. The van der Waals surface area contributed by atoms with Crippen LogP contribution in [0.2, 0.25) is 0 Å². The Bertz CT molecular complexity index is 249. The van der Waals surface area contributed by atoms with Gasteiger partial charge in [0.25, 0.3) is 0 Å². The summed E-state index contributed by atoms with van der Waals surface area (Å²) in [6.45, 7) is 11.8. The maximum absolute atomic E-state index is 2.48. The van der Waals surface area contributed by atoms with Crippen molar-refractivity contribution >= 4 is 0 Å². The van der Waals surface area contributed by atoms with Gasteiger partial charge >= 0.3 is 0 Å². The van der Waals surface area contributed by atoms with E-state index in [1.807, 2.05) is 0 Å². The molecule has 0 N–H and O–H groups in total. The summed E-state index contributed by atoms with van der Waals surface area (Å²) in [5.74, 6) is 2.62. The second-order valence-corrected chi connectivity index (χ2v) is 8.30. The zero-order chi connectivity index (χ0) is 17.3. The third-order valence-electron chi connectivity index (χ3n) is 5.13. The lowest BCUT2D eigenvalue weighted by Gasteiger charge is -2.19. The Balaban J connectivity index is 3.56. The summed E-state index contributed by atoms with van der Waals surface area (Å²) in [6.07, 6.45) is 23.1. The van der Waals surface area contributed by atoms with E-state index in [4.69, 9.17) is 0 Å². The predicted molar refractivity (Wildman–Crippen MR) is 108 cm³/mol. The Morgan fingerprint density at radius 3 is 1.91 bits per heavy atom. The van der Waals surface area contributed by atoms with Crippen molar-refractivity contribution in [2.45, 2.75) is 118 Å². The molecule has 0 radical (unpaired) electrons. The monoisotopic (exact) mass is 322 g/mol. The Labute approximate surface area is 148 Å². The fourth-order valence-corrected chi connectivity index (χ4v) is 3.29. The van der Waals surface area contributed by atoms with Crippen LogP contribution in [0.3, 0.4) is 0 Å². The molecule has 0 fully saturated rings. The van der Waals surface area contributed by atoms with Crippen molar-refractivity contribution in [2.24, 2.45) is 17.8 Å². The average molecular weight is 323 g/mol. The Hall–Kier alpha value is -0.260. The standard InChI is InChI=1S/C23H46/c1-6-7-8-16-19-23(22(4)5)20-17-14-12-10-9-11-13-15-18-21(2)3/h14,17,21-23H,6-13,15-16,18-20H2,1-5H3/b17-14-/t23-/m0/s1. The first-order valence-corrected chi connectivity index (χ1v) is 10.7. The van der Waals surface area contributed by atoms with E-state index in [1.54, 1.807) is 0 Å². The van der Waals surface area contributed by atoms with Gasteiger partial charge in [-0.2, -0.15) is 0 Å². The third-order valence-corrected chi connectivity index (χ3v) is 5.13. The summed E-state index contributed by atoms with van der Waals surface area (Å²) in [7, 11) is 0. The molecule has 0 bridgehead atoms. The molecule has 1 atom stereocenters. The first-order chi connectivity index (χ1) is 11.1. The molecule has 0 aliphatic rings. The highest BCUT2D eigenvalue weighted by Crippen LogP contribution is 2.23. The smallest absolute Gasteiger partial charge is 0.0320 e. The topological polar surface area (TPSA) is 0 Å². The molecule has 0 amide bonds. The molecule has 0 saturated heterocycles. The van der Waals surface area contributed by atoms with E-state index < -0.39 is 0 Å². The minimum atomic E-state index is 0.835. The third kappa shape index (κ3) is 16.4. The van der Waals surface area contributed by atoms with Gasteiger partial charge in [-0.05, 0) is 43.4 Å². The molecule has 0 heterocycles. The van der Waals surface area contributed by atoms with Crippen molar-refractivity contribution in [3.8, 4) is 0 Å². The summed E-state index contributed by atoms with van der Waals surface area (Å²) in [4.78, 5) is 0. The number of hydrogen-bond acceptors (Lipinski definition) is 0. The fraction of sp³-hybridized carbons (Fsp3) is 0.913. The van der Waals surface area contributed by atoms with Crippen LogP contribution in [0.4, 0.5) is 0 Å². The van der Waals surface area contributed by atoms with Gasteiger partial charge in [-0.15, -0.1) is 0 Å². The number of rotatable bonds is 16. The molecular weight excluding hydrogens is 276 g/mol. The molecule has 0 heteroatoms. The summed E-state index contributed by atoms with van der Waals surface area (Å²) in [6, 6.07) is 0. The van der Waals surface area contributed by atoms with Crippen molar-refractivity contribution in [1.29, 1.82) is 0 Å². The van der Waals surface area contributed by atoms with E-state index in [9.17, 15) is 0 Å². The minimum absolute atomic E-state index is 0.835. The first-order valence-electron chi connectivity index (χ1n) is 10.7. The van der Waals surface area contributed by atoms with Crippen LogP contribution >= 0.6 is 0 Å². The zero-order valence-corrected chi connectivity index (χ0v) is 17.1. The minimum Gasteiger partial charge on any atom is -0.0885 e. The van der Waals surface area contributed by atoms with Crippen LogP contribution in [0.25, 0.3) is 0 Å². The van der Waals surface area contributed by atoms with Gasteiger partial charge in [-0.3, -0.25) is 0 Å². The van der Waals surface area contributed by atoms with E-state index in [0.717, 1.165) is 17.8 Å². The van der Waals surface area contributed by atoms with E-state index >= 15 is 0 Å². The van der Waals surface area contributed by atoms with Crippen LogP contribution in [0.5, 0.6) is 0 Å². The molecule has 0 aliphatic heterocycles. The van der Waals surface area contributed by atoms with Crippen molar-refractivity contribution < 1.29 is 0 Å². The van der Waals surface area contributed by atoms with Crippen molar-refractivity contribution in [1.82, 2.24) is 0 Å². The van der Waals surface area contributed by atoms with Gasteiger partial charge in [0.2, 0.25) is 0 Å².